The van der Waals surface area contributed by atoms with Crippen molar-refractivity contribution in [2.24, 2.45) is 0 Å². The molecule has 0 amide bonds. The molecule has 1 saturated heterocycles. The molecule has 0 radical (unpaired) electrons. The molecule has 0 aliphatic carbocycles. The third-order valence-corrected chi connectivity index (χ3v) is 3.50. The quantitative estimate of drug-likeness (QED) is 0.642. The molecule has 2 bridgehead atoms. The summed E-state index contributed by atoms with van der Waals surface area (Å²) in [5.74, 6) is 0.670. The van der Waals surface area contributed by atoms with E-state index in [2.05, 4.69) is 35.8 Å². The molecule has 2 N–H and O–H groups in total. The van der Waals surface area contributed by atoms with Gasteiger partial charge in [-0.3, -0.25) is 0 Å². The SMILES string of the molecule is Cc1cccc2c1C1CNCC2CN1. The van der Waals surface area contributed by atoms with E-state index in [1.165, 1.54) is 5.56 Å². The Morgan fingerprint density at radius 3 is 3.07 bits per heavy atom. The molecule has 4 rings (SSSR count). The molecule has 1 fully saturated rings. The lowest BCUT2D eigenvalue weighted by atomic mass is 9.86. The Labute approximate surface area is 84.7 Å². The van der Waals surface area contributed by atoms with Crippen LogP contribution in [-0.2, 0) is 0 Å². The van der Waals surface area contributed by atoms with E-state index in [0.29, 0.717) is 12.0 Å². The van der Waals surface area contributed by atoms with Crippen LogP contribution in [0.2, 0.25) is 0 Å². The summed E-state index contributed by atoms with van der Waals surface area (Å²) in [6, 6.07) is 7.24. The third kappa shape index (κ3) is 1.11. The molecule has 3 aliphatic heterocycles. The van der Waals surface area contributed by atoms with Gasteiger partial charge in [0.2, 0.25) is 0 Å². The number of fused-ring (bicyclic) bond motifs is 3. The molecular weight excluding hydrogens is 172 g/mol. The highest BCUT2D eigenvalue weighted by atomic mass is 15.0. The molecule has 2 unspecified atom stereocenters. The topological polar surface area (TPSA) is 24.1 Å². The van der Waals surface area contributed by atoms with Crippen molar-refractivity contribution in [3.63, 3.8) is 0 Å². The van der Waals surface area contributed by atoms with Gasteiger partial charge in [0.25, 0.3) is 0 Å². The van der Waals surface area contributed by atoms with Gasteiger partial charge in [-0.05, 0) is 23.6 Å². The predicted molar refractivity (Wildman–Crippen MR) is 57.5 cm³/mol. The Morgan fingerprint density at radius 1 is 1.21 bits per heavy atom. The van der Waals surface area contributed by atoms with Crippen LogP contribution in [0, 0.1) is 6.92 Å². The van der Waals surface area contributed by atoms with Crippen LogP contribution in [0.5, 0.6) is 0 Å². The van der Waals surface area contributed by atoms with E-state index in [4.69, 9.17) is 0 Å². The number of rotatable bonds is 0. The maximum Gasteiger partial charge on any atom is 0.0452 e. The third-order valence-electron chi connectivity index (χ3n) is 3.50. The molecule has 3 heterocycles. The average Bonchev–Trinajstić information content (AvgIpc) is 2.51. The zero-order chi connectivity index (χ0) is 9.54. The van der Waals surface area contributed by atoms with Gasteiger partial charge in [-0.15, -0.1) is 0 Å². The predicted octanol–water partition coefficient (Wildman–Crippen LogP) is 1.33. The van der Waals surface area contributed by atoms with Crippen molar-refractivity contribution < 1.29 is 0 Å². The Hall–Kier alpha value is -0.860. The van der Waals surface area contributed by atoms with Crippen molar-refractivity contribution in [3.8, 4) is 0 Å². The van der Waals surface area contributed by atoms with Crippen molar-refractivity contribution in [1.82, 2.24) is 10.6 Å². The second-order valence-corrected chi connectivity index (χ2v) is 4.39. The van der Waals surface area contributed by atoms with Crippen LogP contribution in [0.1, 0.15) is 28.7 Å². The molecule has 3 aliphatic rings. The van der Waals surface area contributed by atoms with Crippen LogP contribution in [0.25, 0.3) is 0 Å². The van der Waals surface area contributed by atoms with Crippen LogP contribution in [-0.4, -0.2) is 19.6 Å². The molecule has 2 heteroatoms. The molecular formula is C12H16N2. The lowest BCUT2D eigenvalue weighted by molar-refractivity contribution is 0.508. The summed E-state index contributed by atoms with van der Waals surface area (Å²) in [5.41, 5.74) is 4.56. The largest absolute Gasteiger partial charge is 0.314 e. The minimum absolute atomic E-state index is 0.532. The average molecular weight is 188 g/mol. The smallest absolute Gasteiger partial charge is 0.0452 e. The second kappa shape index (κ2) is 3.07. The van der Waals surface area contributed by atoms with E-state index in [-0.39, 0.29) is 0 Å². The standard InChI is InChI=1S/C12H16N2/c1-8-3-2-4-10-9-5-13-7-11(12(8)10)14-6-9/h2-4,9,11,13-14H,5-7H2,1H3. The van der Waals surface area contributed by atoms with E-state index in [9.17, 15) is 0 Å². The van der Waals surface area contributed by atoms with Gasteiger partial charge in [0, 0.05) is 31.6 Å². The Kier molecular flexibility index (Phi) is 1.85. The summed E-state index contributed by atoms with van der Waals surface area (Å²) in [6.45, 7) is 5.56. The van der Waals surface area contributed by atoms with Gasteiger partial charge in [-0.2, -0.15) is 0 Å². The first-order valence-electron chi connectivity index (χ1n) is 5.40. The Balaban J connectivity index is 2.20. The van der Waals surface area contributed by atoms with Crippen molar-refractivity contribution in [2.45, 2.75) is 18.9 Å². The van der Waals surface area contributed by atoms with Gasteiger partial charge in [0.05, 0.1) is 0 Å². The van der Waals surface area contributed by atoms with Gasteiger partial charge in [0.1, 0.15) is 0 Å². The lowest BCUT2D eigenvalue weighted by Gasteiger charge is -2.29. The first-order valence-corrected chi connectivity index (χ1v) is 5.40. The van der Waals surface area contributed by atoms with Gasteiger partial charge in [0.15, 0.2) is 0 Å². The molecule has 0 spiro atoms. The number of aryl methyl sites for hydroxylation is 1. The maximum absolute atomic E-state index is 3.62. The summed E-state index contributed by atoms with van der Waals surface area (Å²) in [6.07, 6.45) is 0. The normalized spacial score (nSPS) is 29.8. The Morgan fingerprint density at radius 2 is 2.14 bits per heavy atom. The van der Waals surface area contributed by atoms with Gasteiger partial charge in [-0.1, -0.05) is 18.2 Å². The van der Waals surface area contributed by atoms with Crippen LogP contribution in [0.15, 0.2) is 18.2 Å². The fraction of sp³-hybridized carbons (Fsp3) is 0.500. The molecule has 2 nitrogen and oxygen atoms in total. The number of hydrogen-bond donors (Lipinski definition) is 2. The highest BCUT2D eigenvalue weighted by Gasteiger charge is 2.30. The van der Waals surface area contributed by atoms with Gasteiger partial charge < -0.3 is 10.6 Å². The number of benzene rings is 1. The van der Waals surface area contributed by atoms with Crippen molar-refractivity contribution in [2.75, 3.05) is 19.6 Å². The minimum atomic E-state index is 0.532. The fourth-order valence-electron chi connectivity index (χ4n) is 2.79. The summed E-state index contributed by atoms with van der Waals surface area (Å²) < 4.78 is 0. The molecule has 2 atom stereocenters. The molecule has 0 saturated carbocycles. The van der Waals surface area contributed by atoms with Gasteiger partial charge >= 0.3 is 0 Å². The first-order chi connectivity index (χ1) is 6.86. The number of nitrogens with one attached hydrogen (secondary N) is 2. The van der Waals surface area contributed by atoms with E-state index in [0.717, 1.165) is 19.6 Å². The second-order valence-electron chi connectivity index (χ2n) is 4.39. The van der Waals surface area contributed by atoms with Crippen molar-refractivity contribution in [3.05, 3.63) is 34.9 Å². The highest BCUT2D eigenvalue weighted by Crippen LogP contribution is 2.33. The van der Waals surface area contributed by atoms with Crippen molar-refractivity contribution >= 4 is 0 Å². The van der Waals surface area contributed by atoms with Crippen LogP contribution < -0.4 is 10.6 Å². The van der Waals surface area contributed by atoms with Crippen LogP contribution in [0.3, 0.4) is 0 Å². The molecule has 1 aromatic rings. The van der Waals surface area contributed by atoms with Gasteiger partial charge in [-0.25, -0.2) is 0 Å². The zero-order valence-electron chi connectivity index (χ0n) is 8.51. The number of hydrogen-bond acceptors (Lipinski definition) is 2. The lowest BCUT2D eigenvalue weighted by Crippen LogP contribution is -2.33. The van der Waals surface area contributed by atoms with Crippen molar-refractivity contribution in [1.29, 1.82) is 0 Å². The molecule has 1 aromatic carbocycles. The summed E-state index contributed by atoms with van der Waals surface area (Å²) in [5, 5.41) is 7.14. The zero-order valence-corrected chi connectivity index (χ0v) is 8.51. The minimum Gasteiger partial charge on any atom is -0.314 e. The van der Waals surface area contributed by atoms with E-state index in [1.807, 2.05) is 0 Å². The van der Waals surface area contributed by atoms with E-state index in [1.54, 1.807) is 11.1 Å². The monoisotopic (exact) mass is 188 g/mol. The molecule has 14 heavy (non-hydrogen) atoms. The fourth-order valence-corrected chi connectivity index (χ4v) is 2.79. The maximum atomic E-state index is 3.62. The van der Waals surface area contributed by atoms with Crippen LogP contribution in [0.4, 0.5) is 0 Å². The van der Waals surface area contributed by atoms with E-state index >= 15 is 0 Å². The van der Waals surface area contributed by atoms with E-state index < -0.39 is 0 Å². The first kappa shape index (κ1) is 8.45. The summed E-state index contributed by atoms with van der Waals surface area (Å²) >= 11 is 0. The summed E-state index contributed by atoms with van der Waals surface area (Å²) in [4.78, 5) is 0. The van der Waals surface area contributed by atoms with Crippen LogP contribution >= 0.6 is 0 Å². The summed E-state index contributed by atoms with van der Waals surface area (Å²) in [7, 11) is 0. The highest BCUT2D eigenvalue weighted by molar-refractivity contribution is 5.42. The molecule has 74 valence electrons. The molecule has 0 aromatic heterocycles. The Bertz CT molecular complexity index is 355.